The van der Waals surface area contributed by atoms with Crippen LogP contribution in [-0.2, 0) is 16.9 Å². The van der Waals surface area contributed by atoms with E-state index in [1.807, 2.05) is 0 Å². The molecule has 0 atom stereocenters. The van der Waals surface area contributed by atoms with Crippen molar-refractivity contribution in [2.75, 3.05) is 6.26 Å². The van der Waals surface area contributed by atoms with Gasteiger partial charge in [-0.15, -0.1) is 0 Å². The van der Waals surface area contributed by atoms with Crippen LogP contribution in [0.3, 0.4) is 0 Å². The Morgan fingerprint density at radius 1 is 1.23 bits per heavy atom. The quantitative estimate of drug-likeness (QED) is 0.845. The van der Waals surface area contributed by atoms with Gasteiger partial charge >= 0.3 is 0 Å². The average molecular weight is 363 g/mol. The molecular formula is C13H12Cl2N2O4S. The van der Waals surface area contributed by atoms with Crippen molar-refractivity contribution in [3.63, 3.8) is 0 Å². The Bertz CT molecular complexity index is 942. The number of H-pyrrole nitrogens is 1. The van der Waals surface area contributed by atoms with Crippen LogP contribution < -0.4 is 5.56 Å². The van der Waals surface area contributed by atoms with E-state index in [0.717, 1.165) is 6.26 Å². The third-order valence-electron chi connectivity index (χ3n) is 3.15. The van der Waals surface area contributed by atoms with E-state index in [2.05, 4.69) is 5.10 Å². The van der Waals surface area contributed by atoms with Crippen molar-refractivity contribution in [1.29, 1.82) is 0 Å². The molecule has 0 saturated carbocycles. The summed E-state index contributed by atoms with van der Waals surface area (Å²) in [7, 11) is -2.10. The molecule has 2 rings (SSSR count). The smallest absolute Gasteiger partial charge is 0.277 e. The molecule has 0 spiro atoms. The van der Waals surface area contributed by atoms with Gasteiger partial charge in [-0.2, -0.15) is 0 Å². The number of nitrogens with zero attached hydrogens (tertiary/aromatic N) is 1. The average Bonchev–Trinajstić information content (AvgIpc) is 2.64. The van der Waals surface area contributed by atoms with E-state index in [0.29, 0.717) is 5.69 Å². The number of ketones is 1. The maximum Gasteiger partial charge on any atom is 0.277 e. The standard InChI is InChI=1S/C13H12Cl2N2O4S/c1-6-9(13(19)17(2)16-6)12(18)7-4-5-8(22(3,20)21)11(15)10(7)14/h4-5,16H,1-3H3. The van der Waals surface area contributed by atoms with E-state index in [-0.39, 0.29) is 26.1 Å². The summed E-state index contributed by atoms with van der Waals surface area (Å²) in [5.41, 5.74) is -0.204. The number of aromatic amines is 1. The minimum atomic E-state index is -3.58. The summed E-state index contributed by atoms with van der Waals surface area (Å²) in [6.45, 7) is 1.58. The van der Waals surface area contributed by atoms with Crippen LogP contribution in [0, 0.1) is 6.92 Å². The molecule has 6 nitrogen and oxygen atoms in total. The molecule has 0 aliphatic heterocycles. The molecule has 0 saturated heterocycles. The zero-order valence-corrected chi connectivity index (χ0v) is 14.2. The van der Waals surface area contributed by atoms with Crippen LogP contribution in [0.25, 0.3) is 0 Å². The van der Waals surface area contributed by atoms with Crippen molar-refractivity contribution >= 4 is 38.8 Å². The normalized spacial score (nSPS) is 11.7. The van der Waals surface area contributed by atoms with Gasteiger partial charge in [0.15, 0.2) is 9.84 Å². The summed E-state index contributed by atoms with van der Waals surface area (Å²) < 4.78 is 24.3. The lowest BCUT2D eigenvalue weighted by molar-refractivity contribution is 0.103. The highest BCUT2D eigenvalue weighted by Gasteiger charge is 2.25. The van der Waals surface area contributed by atoms with Crippen LogP contribution in [0.15, 0.2) is 21.8 Å². The Hall–Kier alpha value is -1.57. The molecule has 1 aromatic carbocycles. The SMILES string of the molecule is Cc1[nH]n(C)c(=O)c1C(=O)c1ccc(S(C)(=O)=O)c(Cl)c1Cl. The first-order valence-electron chi connectivity index (χ1n) is 6.04. The van der Waals surface area contributed by atoms with Gasteiger partial charge in [-0.1, -0.05) is 23.2 Å². The first-order chi connectivity index (χ1) is 10.1. The Morgan fingerprint density at radius 3 is 2.27 bits per heavy atom. The van der Waals surface area contributed by atoms with Crippen LogP contribution in [0.4, 0.5) is 0 Å². The number of nitrogens with one attached hydrogen (secondary N) is 1. The minimum Gasteiger partial charge on any atom is -0.299 e. The fourth-order valence-corrected chi connectivity index (χ4v) is 3.72. The maximum atomic E-state index is 12.5. The first kappa shape index (κ1) is 16.8. The van der Waals surface area contributed by atoms with Crippen LogP contribution in [0.1, 0.15) is 21.6 Å². The lowest BCUT2D eigenvalue weighted by Crippen LogP contribution is -2.20. The number of sulfone groups is 1. The van der Waals surface area contributed by atoms with E-state index in [9.17, 15) is 18.0 Å². The molecule has 2 aromatic rings. The zero-order valence-electron chi connectivity index (χ0n) is 11.9. The van der Waals surface area contributed by atoms with Crippen molar-refractivity contribution in [2.45, 2.75) is 11.8 Å². The summed E-state index contributed by atoms with van der Waals surface area (Å²) >= 11 is 12.0. The lowest BCUT2D eigenvalue weighted by Gasteiger charge is -2.08. The summed E-state index contributed by atoms with van der Waals surface area (Å²) in [6, 6.07) is 2.45. The van der Waals surface area contributed by atoms with E-state index < -0.39 is 21.2 Å². The van der Waals surface area contributed by atoms with Gasteiger partial charge in [0, 0.05) is 24.6 Å². The van der Waals surface area contributed by atoms with Gasteiger partial charge in [0.2, 0.25) is 5.78 Å². The van der Waals surface area contributed by atoms with E-state index in [4.69, 9.17) is 23.2 Å². The minimum absolute atomic E-state index is 0.0288. The summed E-state index contributed by atoms with van der Waals surface area (Å²) in [4.78, 5) is 24.3. The van der Waals surface area contributed by atoms with Crippen LogP contribution in [0.5, 0.6) is 0 Å². The zero-order chi connectivity index (χ0) is 16.8. The highest BCUT2D eigenvalue weighted by molar-refractivity contribution is 7.90. The molecule has 0 bridgehead atoms. The summed E-state index contributed by atoms with van der Waals surface area (Å²) in [5.74, 6) is -0.619. The summed E-state index contributed by atoms with van der Waals surface area (Å²) in [6.07, 6.45) is 0.984. The number of carbonyl (C=O) groups is 1. The maximum absolute atomic E-state index is 12.5. The van der Waals surface area contributed by atoms with Crippen molar-refractivity contribution in [2.24, 2.45) is 7.05 Å². The molecule has 0 unspecified atom stereocenters. The third kappa shape index (κ3) is 2.71. The molecule has 0 fully saturated rings. The predicted molar refractivity (Wildman–Crippen MR) is 83.8 cm³/mol. The van der Waals surface area contributed by atoms with Crippen molar-refractivity contribution in [3.05, 3.63) is 49.4 Å². The molecular weight excluding hydrogens is 351 g/mol. The Labute approximate surface area is 136 Å². The fourth-order valence-electron chi connectivity index (χ4n) is 2.08. The number of aryl methyl sites for hydroxylation is 2. The number of hydrogen-bond acceptors (Lipinski definition) is 4. The van der Waals surface area contributed by atoms with Gasteiger partial charge in [0.25, 0.3) is 5.56 Å². The second-order valence-corrected chi connectivity index (χ2v) is 7.56. The summed E-state index contributed by atoms with van der Waals surface area (Å²) in [5, 5.41) is 2.27. The Balaban J connectivity index is 2.67. The number of carbonyl (C=O) groups excluding carboxylic acids is 1. The Morgan fingerprint density at radius 2 is 1.82 bits per heavy atom. The van der Waals surface area contributed by atoms with Crippen LogP contribution >= 0.6 is 23.2 Å². The lowest BCUT2D eigenvalue weighted by atomic mass is 10.0. The fraction of sp³-hybridized carbons (Fsp3) is 0.231. The number of halogens is 2. The molecule has 9 heteroatoms. The number of aromatic nitrogens is 2. The molecule has 1 heterocycles. The van der Waals surface area contributed by atoms with E-state index in [1.165, 1.54) is 23.9 Å². The molecule has 1 aromatic heterocycles. The molecule has 118 valence electrons. The number of rotatable bonds is 3. The van der Waals surface area contributed by atoms with Crippen molar-refractivity contribution < 1.29 is 13.2 Å². The van der Waals surface area contributed by atoms with Gasteiger partial charge in [-0.05, 0) is 19.1 Å². The van der Waals surface area contributed by atoms with Crippen molar-refractivity contribution in [1.82, 2.24) is 9.78 Å². The highest BCUT2D eigenvalue weighted by atomic mass is 35.5. The largest absolute Gasteiger partial charge is 0.299 e. The monoisotopic (exact) mass is 362 g/mol. The second-order valence-electron chi connectivity index (χ2n) is 4.82. The van der Waals surface area contributed by atoms with Gasteiger partial charge in [0.05, 0.1) is 14.9 Å². The topological polar surface area (TPSA) is 89.0 Å². The molecule has 0 radical (unpaired) electrons. The van der Waals surface area contributed by atoms with Gasteiger partial charge in [-0.3, -0.25) is 19.4 Å². The Kier molecular flexibility index (Phi) is 4.25. The highest BCUT2D eigenvalue weighted by Crippen LogP contribution is 2.33. The van der Waals surface area contributed by atoms with Gasteiger partial charge in [0.1, 0.15) is 5.56 Å². The number of hydrogen-bond donors (Lipinski definition) is 1. The predicted octanol–water partition coefficient (Wildman–Crippen LogP) is 1.96. The third-order valence-corrected chi connectivity index (χ3v) is 5.28. The van der Waals surface area contributed by atoms with Crippen molar-refractivity contribution in [3.8, 4) is 0 Å². The van der Waals surface area contributed by atoms with Gasteiger partial charge in [-0.25, -0.2) is 8.42 Å². The van der Waals surface area contributed by atoms with Crippen LogP contribution in [-0.4, -0.2) is 30.2 Å². The molecule has 0 aliphatic rings. The second kappa shape index (κ2) is 5.57. The van der Waals surface area contributed by atoms with E-state index in [1.54, 1.807) is 6.92 Å². The van der Waals surface area contributed by atoms with Gasteiger partial charge < -0.3 is 0 Å². The number of benzene rings is 1. The molecule has 0 aliphatic carbocycles. The first-order valence-corrected chi connectivity index (χ1v) is 8.68. The molecule has 22 heavy (non-hydrogen) atoms. The van der Waals surface area contributed by atoms with Crippen LogP contribution in [0.2, 0.25) is 10.0 Å². The molecule has 0 amide bonds. The van der Waals surface area contributed by atoms with E-state index >= 15 is 0 Å². The molecule has 1 N–H and O–H groups in total.